The van der Waals surface area contributed by atoms with E-state index in [1.165, 1.54) is 11.8 Å². The highest BCUT2D eigenvalue weighted by Gasteiger charge is 2.14. The van der Waals surface area contributed by atoms with E-state index in [4.69, 9.17) is 0 Å². The van der Waals surface area contributed by atoms with Crippen LogP contribution in [0.3, 0.4) is 0 Å². The lowest BCUT2D eigenvalue weighted by Gasteiger charge is -2.13. The third-order valence-electron chi connectivity index (χ3n) is 4.59. The fraction of sp³-hybridized carbons (Fsp3) is 0.273. The minimum atomic E-state index is -0.256. The zero-order chi connectivity index (χ0) is 21.7. The number of nitrogens with zero attached hydrogens (tertiary/aromatic N) is 3. The van der Waals surface area contributed by atoms with Gasteiger partial charge in [-0.2, -0.15) is 0 Å². The van der Waals surface area contributed by atoms with Crippen molar-refractivity contribution in [2.24, 2.45) is 7.05 Å². The van der Waals surface area contributed by atoms with Gasteiger partial charge in [-0.3, -0.25) is 9.59 Å². The number of anilines is 1. The van der Waals surface area contributed by atoms with Gasteiger partial charge in [0, 0.05) is 18.3 Å². The number of benzene rings is 2. The van der Waals surface area contributed by atoms with Crippen LogP contribution in [0.2, 0.25) is 0 Å². The third-order valence-corrected chi connectivity index (χ3v) is 5.61. The van der Waals surface area contributed by atoms with Crippen LogP contribution in [0.4, 0.5) is 5.69 Å². The summed E-state index contributed by atoms with van der Waals surface area (Å²) in [7, 11) is 1.86. The van der Waals surface area contributed by atoms with Crippen molar-refractivity contribution in [1.82, 2.24) is 20.1 Å². The summed E-state index contributed by atoms with van der Waals surface area (Å²) in [4.78, 5) is 24.4. The lowest BCUT2D eigenvalue weighted by atomic mass is 10.1. The first-order valence-electron chi connectivity index (χ1n) is 9.57. The van der Waals surface area contributed by atoms with Gasteiger partial charge in [0.25, 0.3) is 0 Å². The molecule has 3 rings (SSSR count). The molecule has 0 aliphatic heterocycles. The summed E-state index contributed by atoms with van der Waals surface area (Å²) in [6, 6.07) is 13.8. The van der Waals surface area contributed by atoms with Crippen molar-refractivity contribution < 1.29 is 9.59 Å². The summed E-state index contributed by atoms with van der Waals surface area (Å²) in [5.74, 6) is 0.392. The number of aromatic nitrogens is 3. The average Bonchev–Trinajstić information content (AvgIpc) is 3.08. The molecular formula is C22H25N5O2S. The van der Waals surface area contributed by atoms with Gasteiger partial charge >= 0.3 is 0 Å². The van der Waals surface area contributed by atoms with Gasteiger partial charge in [0.2, 0.25) is 11.8 Å². The highest BCUT2D eigenvalue weighted by atomic mass is 32.2. The lowest BCUT2D eigenvalue weighted by Crippen LogP contribution is -2.34. The van der Waals surface area contributed by atoms with Crippen LogP contribution in [0.25, 0.3) is 11.4 Å². The number of rotatable bonds is 7. The van der Waals surface area contributed by atoms with E-state index in [-0.39, 0.29) is 24.1 Å². The highest BCUT2D eigenvalue weighted by Crippen LogP contribution is 2.23. The van der Waals surface area contributed by atoms with Crippen molar-refractivity contribution in [2.45, 2.75) is 25.9 Å². The van der Waals surface area contributed by atoms with E-state index in [0.29, 0.717) is 5.16 Å². The Morgan fingerprint density at radius 1 is 1.00 bits per heavy atom. The molecule has 2 N–H and O–H groups in total. The first-order valence-corrected chi connectivity index (χ1v) is 10.6. The van der Waals surface area contributed by atoms with Crippen molar-refractivity contribution >= 4 is 29.3 Å². The number of carbonyl (C=O) groups excluding carboxylic acids is 2. The number of hydrogen-bond acceptors (Lipinski definition) is 5. The van der Waals surface area contributed by atoms with E-state index in [9.17, 15) is 9.59 Å². The molecule has 1 aromatic heterocycles. The molecule has 3 aromatic rings. The summed E-state index contributed by atoms with van der Waals surface area (Å²) in [5, 5.41) is 14.5. The summed E-state index contributed by atoms with van der Waals surface area (Å²) in [5.41, 5.74) is 4.90. The van der Waals surface area contributed by atoms with Crippen molar-refractivity contribution in [3.63, 3.8) is 0 Å². The smallest absolute Gasteiger partial charge is 0.243 e. The van der Waals surface area contributed by atoms with E-state index in [2.05, 4.69) is 20.8 Å². The summed E-state index contributed by atoms with van der Waals surface area (Å²) < 4.78 is 1.85. The standard InChI is InChI=1S/C22H25N5O2S/c1-14-10-15(2)20(16(3)11-14)24-18(28)12-23-19(29)13-30-22-26-25-21(27(22)4)17-8-6-5-7-9-17/h5-11H,12-13H2,1-4H3,(H,23,29)(H,24,28). The van der Waals surface area contributed by atoms with Crippen LogP contribution in [-0.4, -0.2) is 38.9 Å². The maximum Gasteiger partial charge on any atom is 0.243 e. The third kappa shape index (κ3) is 5.27. The molecule has 156 valence electrons. The quantitative estimate of drug-likeness (QED) is 0.570. The molecule has 0 bridgehead atoms. The maximum absolute atomic E-state index is 12.2. The molecule has 0 spiro atoms. The minimum absolute atomic E-state index is 0.0831. The Morgan fingerprint density at radius 2 is 1.67 bits per heavy atom. The fourth-order valence-electron chi connectivity index (χ4n) is 3.20. The SMILES string of the molecule is Cc1cc(C)c(NC(=O)CNC(=O)CSc2nnc(-c3ccccc3)n2C)c(C)c1. The summed E-state index contributed by atoms with van der Waals surface area (Å²) in [6.45, 7) is 5.84. The Morgan fingerprint density at radius 3 is 2.33 bits per heavy atom. The van der Waals surface area contributed by atoms with Crippen LogP contribution in [0.1, 0.15) is 16.7 Å². The monoisotopic (exact) mass is 423 g/mol. The Kier molecular flexibility index (Phi) is 6.89. The number of nitrogens with one attached hydrogen (secondary N) is 2. The van der Waals surface area contributed by atoms with Crippen LogP contribution in [-0.2, 0) is 16.6 Å². The Balaban J connectivity index is 1.50. The number of amides is 2. The molecule has 0 saturated carbocycles. The summed E-state index contributed by atoms with van der Waals surface area (Å²) in [6.07, 6.45) is 0. The van der Waals surface area contributed by atoms with Crippen LogP contribution in [0, 0.1) is 20.8 Å². The Bertz CT molecular complexity index is 1040. The zero-order valence-corrected chi connectivity index (χ0v) is 18.3. The molecule has 0 saturated heterocycles. The van der Waals surface area contributed by atoms with Crippen molar-refractivity contribution in [3.8, 4) is 11.4 Å². The van der Waals surface area contributed by atoms with Gasteiger partial charge in [0.15, 0.2) is 11.0 Å². The normalized spacial score (nSPS) is 10.7. The molecule has 2 aromatic carbocycles. The second-order valence-electron chi connectivity index (χ2n) is 7.12. The molecule has 0 aliphatic carbocycles. The molecule has 8 heteroatoms. The Labute approximate surface area is 180 Å². The molecule has 0 fully saturated rings. The second kappa shape index (κ2) is 9.58. The van der Waals surface area contributed by atoms with E-state index in [1.54, 1.807) is 0 Å². The van der Waals surface area contributed by atoms with E-state index in [0.717, 1.165) is 33.8 Å². The molecule has 30 heavy (non-hydrogen) atoms. The van der Waals surface area contributed by atoms with Crippen LogP contribution in [0.15, 0.2) is 47.6 Å². The van der Waals surface area contributed by atoms with Crippen molar-refractivity contribution in [1.29, 1.82) is 0 Å². The molecule has 7 nitrogen and oxygen atoms in total. The average molecular weight is 424 g/mol. The van der Waals surface area contributed by atoms with E-state index < -0.39 is 0 Å². The topological polar surface area (TPSA) is 88.9 Å². The molecular weight excluding hydrogens is 398 g/mol. The molecule has 0 radical (unpaired) electrons. The largest absolute Gasteiger partial charge is 0.346 e. The van der Waals surface area contributed by atoms with E-state index >= 15 is 0 Å². The number of hydrogen-bond donors (Lipinski definition) is 2. The maximum atomic E-state index is 12.2. The minimum Gasteiger partial charge on any atom is -0.346 e. The fourth-order valence-corrected chi connectivity index (χ4v) is 3.94. The molecule has 0 atom stereocenters. The highest BCUT2D eigenvalue weighted by molar-refractivity contribution is 7.99. The van der Waals surface area contributed by atoms with E-state index in [1.807, 2.05) is 74.9 Å². The molecule has 0 aliphatic rings. The molecule has 1 heterocycles. The number of carbonyl (C=O) groups is 2. The predicted molar refractivity (Wildman–Crippen MR) is 119 cm³/mol. The zero-order valence-electron chi connectivity index (χ0n) is 17.5. The van der Waals surface area contributed by atoms with Gasteiger partial charge in [-0.1, -0.05) is 59.8 Å². The number of thioether (sulfide) groups is 1. The summed E-state index contributed by atoms with van der Waals surface area (Å²) >= 11 is 1.28. The van der Waals surface area contributed by atoms with Gasteiger partial charge in [-0.15, -0.1) is 10.2 Å². The van der Waals surface area contributed by atoms with Gasteiger partial charge in [0.05, 0.1) is 12.3 Å². The van der Waals surface area contributed by atoms with Gasteiger partial charge in [-0.25, -0.2) is 0 Å². The Hall–Kier alpha value is -3.13. The van der Waals surface area contributed by atoms with Crippen molar-refractivity contribution in [2.75, 3.05) is 17.6 Å². The first-order chi connectivity index (χ1) is 14.3. The lowest BCUT2D eigenvalue weighted by molar-refractivity contribution is -0.122. The van der Waals surface area contributed by atoms with Gasteiger partial charge in [-0.05, 0) is 31.9 Å². The van der Waals surface area contributed by atoms with Crippen LogP contribution in [0.5, 0.6) is 0 Å². The predicted octanol–water partition coefficient (Wildman–Crippen LogP) is 3.25. The second-order valence-corrected chi connectivity index (χ2v) is 8.06. The van der Waals surface area contributed by atoms with Gasteiger partial charge in [0.1, 0.15) is 0 Å². The van der Waals surface area contributed by atoms with Crippen LogP contribution < -0.4 is 10.6 Å². The first kappa shape index (κ1) is 21.6. The number of aryl methyl sites for hydroxylation is 3. The van der Waals surface area contributed by atoms with Crippen molar-refractivity contribution in [3.05, 3.63) is 59.2 Å². The molecule has 2 amide bonds. The molecule has 0 unspecified atom stereocenters. The van der Waals surface area contributed by atoms with Gasteiger partial charge < -0.3 is 15.2 Å². The van der Waals surface area contributed by atoms with Crippen LogP contribution >= 0.6 is 11.8 Å².